The van der Waals surface area contributed by atoms with Crippen LogP contribution in [0.3, 0.4) is 0 Å². The van der Waals surface area contributed by atoms with Gasteiger partial charge in [-0.2, -0.15) is 15.0 Å². The van der Waals surface area contributed by atoms with Gasteiger partial charge >= 0.3 is 0 Å². The van der Waals surface area contributed by atoms with Crippen molar-refractivity contribution in [3.8, 4) is 0 Å². The first-order valence-corrected chi connectivity index (χ1v) is 10.4. The zero-order valence-corrected chi connectivity index (χ0v) is 17.5. The molecule has 2 N–H and O–H groups in total. The Morgan fingerprint density at radius 3 is 2.45 bits per heavy atom. The molecule has 8 heteroatoms. The van der Waals surface area contributed by atoms with Gasteiger partial charge in [0.05, 0.1) is 6.61 Å². The van der Waals surface area contributed by atoms with E-state index in [0.717, 1.165) is 31.9 Å². The van der Waals surface area contributed by atoms with E-state index in [4.69, 9.17) is 5.11 Å². The number of aliphatic hydroxyl groups is 1. The molecule has 0 aliphatic carbocycles. The number of aliphatic hydroxyl groups excluding tert-OH is 1. The summed E-state index contributed by atoms with van der Waals surface area (Å²) in [5, 5.41) is 12.3. The predicted octanol–water partition coefficient (Wildman–Crippen LogP) is 2.27. The number of β-amino-alcohol motifs (C(OH)–C–C–N with tert-alkyl or cyclic N) is 1. The van der Waals surface area contributed by atoms with Crippen LogP contribution in [-0.2, 0) is 0 Å². The summed E-state index contributed by atoms with van der Waals surface area (Å²) in [5.74, 6) is 1.68. The Kier molecular flexibility index (Phi) is 6.49. The van der Waals surface area contributed by atoms with Gasteiger partial charge in [-0.15, -0.1) is 0 Å². The van der Waals surface area contributed by atoms with Crippen LogP contribution in [0.4, 0.5) is 17.6 Å². The number of benzene rings is 2. The van der Waals surface area contributed by atoms with Crippen molar-refractivity contribution >= 4 is 23.4 Å². The summed E-state index contributed by atoms with van der Waals surface area (Å²) >= 11 is 0. The van der Waals surface area contributed by atoms with E-state index in [-0.39, 0.29) is 12.4 Å². The number of ketones is 1. The standard InChI is InChI=1S/C23H26N6O2/c1-17-24-22(27-23(25-17)29-12-10-28(11-13-29)14-15-30)26-20-9-5-8-19(16-20)21(31)18-6-3-2-4-7-18/h2-9,16,30H,10-15H2,1H3,(H,24,25,26,27). The van der Waals surface area contributed by atoms with Crippen molar-refractivity contribution in [1.29, 1.82) is 0 Å². The summed E-state index contributed by atoms with van der Waals surface area (Å²) in [4.78, 5) is 30.6. The Morgan fingerprint density at radius 2 is 1.71 bits per heavy atom. The lowest BCUT2D eigenvalue weighted by molar-refractivity contribution is 0.103. The second-order valence-electron chi connectivity index (χ2n) is 7.46. The molecule has 0 unspecified atom stereocenters. The Labute approximate surface area is 181 Å². The highest BCUT2D eigenvalue weighted by molar-refractivity contribution is 6.09. The van der Waals surface area contributed by atoms with Crippen molar-refractivity contribution in [2.45, 2.75) is 6.92 Å². The molecular formula is C23H26N6O2. The molecule has 1 aliphatic heterocycles. The Balaban J connectivity index is 1.49. The first-order valence-electron chi connectivity index (χ1n) is 10.4. The third-order valence-electron chi connectivity index (χ3n) is 5.22. The quantitative estimate of drug-likeness (QED) is 0.565. The number of hydrogen-bond donors (Lipinski definition) is 2. The van der Waals surface area contributed by atoms with E-state index in [1.807, 2.05) is 55.5 Å². The molecule has 1 aromatic heterocycles. The molecule has 1 saturated heterocycles. The largest absolute Gasteiger partial charge is 0.395 e. The van der Waals surface area contributed by atoms with Crippen molar-refractivity contribution in [3.63, 3.8) is 0 Å². The van der Waals surface area contributed by atoms with Crippen LogP contribution < -0.4 is 10.2 Å². The maximum Gasteiger partial charge on any atom is 0.232 e. The number of nitrogens with zero attached hydrogens (tertiary/aromatic N) is 5. The number of aromatic nitrogens is 3. The highest BCUT2D eigenvalue weighted by atomic mass is 16.3. The summed E-state index contributed by atoms with van der Waals surface area (Å²) in [7, 11) is 0. The number of anilines is 3. The molecule has 2 aromatic carbocycles. The predicted molar refractivity (Wildman–Crippen MR) is 120 cm³/mol. The molecule has 0 atom stereocenters. The number of hydrogen-bond acceptors (Lipinski definition) is 8. The van der Waals surface area contributed by atoms with Gasteiger partial charge in [0.1, 0.15) is 5.82 Å². The zero-order valence-electron chi connectivity index (χ0n) is 17.5. The second kappa shape index (κ2) is 9.63. The maximum atomic E-state index is 12.7. The molecule has 2 heterocycles. The minimum absolute atomic E-state index is 0.0301. The third kappa shape index (κ3) is 5.22. The number of piperazine rings is 1. The molecule has 1 fully saturated rings. The van der Waals surface area contributed by atoms with E-state index in [0.29, 0.717) is 35.4 Å². The van der Waals surface area contributed by atoms with Crippen molar-refractivity contribution in [2.75, 3.05) is 49.5 Å². The Bertz CT molecular complexity index is 1040. The average Bonchev–Trinajstić information content (AvgIpc) is 2.80. The number of aryl methyl sites for hydroxylation is 1. The van der Waals surface area contributed by atoms with E-state index in [2.05, 4.69) is 30.1 Å². The average molecular weight is 419 g/mol. The van der Waals surface area contributed by atoms with Crippen molar-refractivity contribution in [1.82, 2.24) is 19.9 Å². The summed E-state index contributed by atoms with van der Waals surface area (Å²) in [5.41, 5.74) is 1.99. The van der Waals surface area contributed by atoms with E-state index in [1.54, 1.807) is 6.07 Å². The van der Waals surface area contributed by atoms with Gasteiger partial charge in [-0.3, -0.25) is 9.69 Å². The Hall–Kier alpha value is -3.36. The summed E-state index contributed by atoms with van der Waals surface area (Å²) in [6.45, 7) is 6.01. The first-order chi connectivity index (χ1) is 15.1. The van der Waals surface area contributed by atoms with E-state index < -0.39 is 0 Å². The van der Waals surface area contributed by atoms with Gasteiger partial charge in [-0.1, -0.05) is 42.5 Å². The zero-order chi connectivity index (χ0) is 21.6. The molecular weight excluding hydrogens is 392 g/mol. The van der Waals surface area contributed by atoms with Crippen molar-refractivity contribution < 1.29 is 9.90 Å². The molecule has 160 valence electrons. The molecule has 31 heavy (non-hydrogen) atoms. The van der Waals surface area contributed by atoms with Crippen molar-refractivity contribution in [2.24, 2.45) is 0 Å². The van der Waals surface area contributed by atoms with Crippen LogP contribution in [0.5, 0.6) is 0 Å². The van der Waals surface area contributed by atoms with Crippen LogP contribution in [-0.4, -0.2) is 70.1 Å². The highest BCUT2D eigenvalue weighted by Crippen LogP contribution is 2.20. The SMILES string of the molecule is Cc1nc(Nc2cccc(C(=O)c3ccccc3)c2)nc(N2CCN(CCO)CC2)n1. The monoisotopic (exact) mass is 418 g/mol. The molecule has 0 radical (unpaired) electrons. The number of carbonyl (C=O) groups is 1. The van der Waals surface area contributed by atoms with Gasteiger partial charge in [-0.05, 0) is 19.1 Å². The lowest BCUT2D eigenvalue weighted by Crippen LogP contribution is -2.47. The van der Waals surface area contributed by atoms with Crippen LogP contribution in [0.2, 0.25) is 0 Å². The van der Waals surface area contributed by atoms with Gasteiger partial charge < -0.3 is 15.3 Å². The number of nitrogens with one attached hydrogen (secondary N) is 1. The molecule has 0 saturated carbocycles. The van der Waals surface area contributed by atoms with Gasteiger partial charge in [0.25, 0.3) is 0 Å². The maximum absolute atomic E-state index is 12.7. The normalized spacial score (nSPS) is 14.5. The molecule has 3 aromatic rings. The fourth-order valence-corrected chi connectivity index (χ4v) is 3.60. The summed E-state index contributed by atoms with van der Waals surface area (Å²) in [6.07, 6.45) is 0. The van der Waals surface area contributed by atoms with Crippen LogP contribution in [0.25, 0.3) is 0 Å². The lowest BCUT2D eigenvalue weighted by atomic mass is 10.0. The molecule has 4 rings (SSSR count). The lowest BCUT2D eigenvalue weighted by Gasteiger charge is -2.34. The molecule has 1 aliphatic rings. The van der Waals surface area contributed by atoms with Gasteiger partial charge in [0, 0.05) is 49.5 Å². The van der Waals surface area contributed by atoms with Crippen molar-refractivity contribution in [3.05, 3.63) is 71.5 Å². The highest BCUT2D eigenvalue weighted by Gasteiger charge is 2.20. The fourth-order valence-electron chi connectivity index (χ4n) is 3.60. The third-order valence-corrected chi connectivity index (χ3v) is 5.22. The smallest absolute Gasteiger partial charge is 0.232 e. The topological polar surface area (TPSA) is 94.5 Å². The molecule has 0 spiro atoms. The van der Waals surface area contributed by atoms with Gasteiger partial charge in [0.15, 0.2) is 5.78 Å². The first kappa shape index (κ1) is 20.9. The van der Waals surface area contributed by atoms with E-state index in [1.165, 1.54) is 0 Å². The van der Waals surface area contributed by atoms with Crippen LogP contribution in [0.1, 0.15) is 21.7 Å². The van der Waals surface area contributed by atoms with Gasteiger partial charge in [0.2, 0.25) is 11.9 Å². The fraction of sp³-hybridized carbons (Fsp3) is 0.304. The minimum Gasteiger partial charge on any atom is -0.395 e. The van der Waals surface area contributed by atoms with Gasteiger partial charge in [-0.25, -0.2) is 0 Å². The van der Waals surface area contributed by atoms with Crippen LogP contribution >= 0.6 is 0 Å². The van der Waals surface area contributed by atoms with Crippen LogP contribution in [0, 0.1) is 6.92 Å². The number of rotatable bonds is 7. The number of carbonyl (C=O) groups excluding carboxylic acids is 1. The summed E-state index contributed by atoms with van der Waals surface area (Å²) in [6, 6.07) is 16.6. The van der Waals surface area contributed by atoms with E-state index >= 15 is 0 Å². The molecule has 0 bridgehead atoms. The molecule has 0 amide bonds. The Morgan fingerprint density at radius 1 is 0.968 bits per heavy atom. The summed E-state index contributed by atoms with van der Waals surface area (Å²) < 4.78 is 0. The minimum atomic E-state index is -0.0301. The van der Waals surface area contributed by atoms with Crippen LogP contribution in [0.15, 0.2) is 54.6 Å². The molecule has 8 nitrogen and oxygen atoms in total. The van der Waals surface area contributed by atoms with E-state index in [9.17, 15) is 4.79 Å². The second-order valence-corrected chi connectivity index (χ2v) is 7.46.